The molecule has 0 fully saturated rings. The number of hydrogen-bond donors (Lipinski definition) is 2. The number of aromatic nitrogens is 2. The van der Waals surface area contributed by atoms with Gasteiger partial charge in [0.1, 0.15) is 5.60 Å². The molecule has 6 heteroatoms. The van der Waals surface area contributed by atoms with Gasteiger partial charge in [-0.05, 0) is 20.8 Å². The summed E-state index contributed by atoms with van der Waals surface area (Å²) in [5.74, 6) is 0. The van der Waals surface area contributed by atoms with Crippen molar-refractivity contribution in [3.63, 3.8) is 0 Å². The molecule has 0 aliphatic rings. The second kappa shape index (κ2) is 3.94. The van der Waals surface area contributed by atoms with Crippen molar-refractivity contribution in [2.24, 2.45) is 0 Å². The first-order valence-corrected chi connectivity index (χ1v) is 4.25. The molecular weight excluding hydrogens is 183 g/mol. The zero-order valence-corrected chi connectivity index (χ0v) is 8.43. The first-order chi connectivity index (χ1) is 6.38. The van der Waals surface area contributed by atoms with E-state index in [1.54, 1.807) is 0 Å². The van der Waals surface area contributed by atoms with Crippen LogP contribution in [0.3, 0.4) is 0 Å². The van der Waals surface area contributed by atoms with Crippen molar-refractivity contribution in [2.45, 2.75) is 26.4 Å². The molecule has 1 heterocycles. The van der Waals surface area contributed by atoms with Gasteiger partial charge in [0.15, 0.2) is 0 Å². The summed E-state index contributed by atoms with van der Waals surface area (Å²) in [5.41, 5.74) is -0.120. The molecule has 0 radical (unpaired) electrons. The molecule has 1 aromatic heterocycles. The van der Waals surface area contributed by atoms with E-state index in [2.05, 4.69) is 9.97 Å². The Hall–Kier alpha value is -1.14. The van der Waals surface area contributed by atoms with E-state index < -0.39 is 7.12 Å². The third kappa shape index (κ3) is 3.31. The van der Waals surface area contributed by atoms with Crippen LogP contribution >= 0.6 is 0 Å². The van der Waals surface area contributed by atoms with Gasteiger partial charge in [-0.3, -0.25) is 0 Å². The third-order valence-electron chi connectivity index (χ3n) is 1.34. The first kappa shape index (κ1) is 10.9. The summed E-state index contributed by atoms with van der Waals surface area (Å²) in [6, 6.07) is 0.224. The van der Waals surface area contributed by atoms with Crippen LogP contribution in [-0.2, 0) is 0 Å². The van der Waals surface area contributed by atoms with Gasteiger partial charge >= 0.3 is 13.1 Å². The van der Waals surface area contributed by atoms with Gasteiger partial charge in [0.05, 0.1) is 0 Å². The number of nitrogens with zero attached hydrogens (tertiary/aromatic N) is 2. The molecule has 0 aliphatic carbocycles. The van der Waals surface area contributed by atoms with E-state index in [1.807, 2.05) is 20.8 Å². The first-order valence-electron chi connectivity index (χ1n) is 4.25. The predicted molar refractivity (Wildman–Crippen MR) is 52.2 cm³/mol. The summed E-state index contributed by atoms with van der Waals surface area (Å²) < 4.78 is 5.35. The minimum Gasteiger partial charge on any atom is -0.458 e. The van der Waals surface area contributed by atoms with E-state index >= 15 is 0 Å². The zero-order chi connectivity index (χ0) is 10.8. The minimum atomic E-state index is -1.54. The summed E-state index contributed by atoms with van der Waals surface area (Å²) >= 11 is 0. The van der Waals surface area contributed by atoms with Crippen LogP contribution in [0.1, 0.15) is 20.8 Å². The maximum atomic E-state index is 8.78. The molecule has 0 atom stereocenters. The molecule has 0 saturated heterocycles. The van der Waals surface area contributed by atoms with E-state index in [0.717, 1.165) is 0 Å². The van der Waals surface area contributed by atoms with Gasteiger partial charge in [-0.2, -0.15) is 0 Å². The van der Waals surface area contributed by atoms with Crippen molar-refractivity contribution in [3.05, 3.63) is 12.4 Å². The van der Waals surface area contributed by atoms with E-state index in [0.29, 0.717) is 0 Å². The Morgan fingerprint density at radius 3 is 2.07 bits per heavy atom. The number of ether oxygens (including phenoxy) is 1. The third-order valence-corrected chi connectivity index (χ3v) is 1.34. The van der Waals surface area contributed by atoms with E-state index in [-0.39, 0.29) is 17.1 Å². The molecule has 1 aromatic rings. The molecule has 0 aliphatic heterocycles. The Labute approximate surface area is 82.9 Å². The highest BCUT2D eigenvalue weighted by Gasteiger charge is 2.15. The Morgan fingerprint density at radius 2 is 1.71 bits per heavy atom. The molecule has 14 heavy (non-hydrogen) atoms. The molecular formula is C8H13BN2O3. The molecule has 76 valence electrons. The van der Waals surface area contributed by atoms with Crippen LogP contribution < -0.4 is 10.2 Å². The summed E-state index contributed by atoms with van der Waals surface area (Å²) in [6.45, 7) is 5.64. The van der Waals surface area contributed by atoms with Crippen molar-refractivity contribution in [1.82, 2.24) is 9.97 Å². The van der Waals surface area contributed by atoms with Crippen molar-refractivity contribution in [2.75, 3.05) is 0 Å². The number of hydrogen-bond acceptors (Lipinski definition) is 5. The fourth-order valence-electron chi connectivity index (χ4n) is 0.786. The fourth-order valence-corrected chi connectivity index (χ4v) is 0.786. The lowest BCUT2D eigenvalue weighted by atomic mass is 9.83. The van der Waals surface area contributed by atoms with Crippen LogP contribution in [0.15, 0.2) is 12.4 Å². The van der Waals surface area contributed by atoms with Crippen LogP contribution in [0.5, 0.6) is 6.01 Å². The SMILES string of the molecule is CC(C)(C)Oc1ncc(B(O)O)cn1. The largest absolute Gasteiger partial charge is 0.491 e. The Balaban J connectivity index is 2.74. The highest BCUT2D eigenvalue weighted by atomic mass is 16.5. The lowest BCUT2D eigenvalue weighted by Gasteiger charge is -2.18. The van der Waals surface area contributed by atoms with Crippen LogP contribution in [-0.4, -0.2) is 32.7 Å². The van der Waals surface area contributed by atoms with Crippen molar-refractivity contribution in [3.8, 4) is 6.01 Å². The molecule has 0 amide bonds. The summed E-state index contributed by atoms with van der Waals surface area (Å²) in [4.78, 5) is 7.66. The van der Waals surface area contributed by atoms with Crippen LogP contribution in [0.4, 0.5) is 0 Å². The van der Waals surface area contributed by atoms with E-state index in [4.69, 9.17) is 14.8 Å². The van der Waals surface area contributed by atoms with Crippen LogP contribution in [0.25, 0.3) is 0 Å². The quantitative estimate of drug-likeness (QED) is 0.613. The molecule has 0 saturated carbocycles. The molecule has 0 spiro atoms. The van der Waals surface area contributed by atoms with Gasteiger partial charge in [0.25, 0.3) is 0 Å². The summed E-state index contributed by atoms with van der Waals surface area (Å²) in [5, 5.41) is 17.6. The maximum Gasteiger partial charge on any atom is 0.491 e. The summed E-state index contributed by atoms with van der Waals surface area (Å²) in [6.07, 6.45) is 2.64. The Kier molecular flexibility index (Phi) is 3.08. The highest BCUT2D eigenvalue weighted by Crippen LogP contribution is 2.10. The average molecular weight is 196 g/mol. The lowest BCUT2D eigenvalue weighted by molar-refractivity contribution is 0.117. The fraction of sp³-hybridized carbons (Fsp3) is 0.500. The van der Waals surface area contributed by atoms with E-state index in [9.17, 15) is 0 Å². The van der Waals surface area contributed by atoms with Crippen molar-refractivity contribution >= 4 is 12.6 Å². The smallest absolute Gasteiger partial charge is 0.458 e. The van der Waals surface area contributed by atoms with E-state index in [1.165, 1.54) is 12.4 Å². The standard InChI is InChI=1S/C8H13BN2O3/c1-8(2,3)14-7-10-4-6(5-11-7)9(12)13/h4-5,12-13H,1-3H3. The number of rotatable bonds is 2. The van der Waals surface area contributed by atoms with Crippen LogP contribution in [0.2, 0.25) is 0 Å². The average Bonchev–Trinajstić information content (AvgIpc) is 2.02. The normalized spacial score (nSPS) is 11.2. The van der Waals surface area contributed by atoms with Crippen LogP contribution in [0, 0.1) is 0 Å². The summed E-state index contributed by atoms with van der Waals surface area (Å²) in [7, 11) is -1.54. The highest BCUT2D eigenvalue weighted by molar-refractivity contribution is 6.58. The molecule has 0 unspecified atom stereocenters. The molecule has 5 nitrogen and oxygen atoms in total. The monoisotopic (exact) mass is 196 g/mol. The van der Waals surface area contributed by atoms with Gasteiger partial charge in [0, 0.05) is 17.9 Å². The van der Waals surface area contributed by atoms with Crippen molar-refractivity contribution in [1.29, 1.82) is 0 Å². The Bertz CT molecular complexity index is 294. The Morgan fingerprint density at radius 1 is 1.21 bits per heavy atom. The lowest BCUT2D eigenvalue weighted by Crippen LogP contribution is -2.31. The second-order valence-corrected chi connectivity index (χ2v) is 3.89. The predicted octanol–water partition coefficient (Wildman–Crippen LogP) is -0.666. The van der Waals surface area contributed by atoms with Gasteiger partial charge in [0.2, 0.25) is 0 Å². The molecule has 0 aromatic carbocycles. The van der Waals surface area contributed by atoms with Crippen molar-refractivity contribution < 1.29 is 14.8 Å². The van der Waals surface area contributed by atoms with Gasteiger partial charge in [-0.25, -0.2) is 9.97 Å². The van der Waals surface area contributed by atoms with Gasteiger partial charge < -0.3 is 14.8 Å². The van der Waals surface area contributed by atoms with Gasteiger partial charge in [-0.15, -0.1) is 0 Å². The maximum absolute atomic E-state index is 8.78. The van der Waals surface area contributed by atoms with Gasteiger partial charge in [-0.1, -0.05) is 0 Å². The zero-order valence-electron chi connectivity index (χ0n) is 8.43. The minimum absolute atomic E-state index is 0.224. The second-order valence-electron chi connectivity index (χ2n) is 3.89. The molecule has 1 rings (SSSR count). The topological polar surface area (TPSA) is 75.5 Å². The molecule has 2 N–H and O–H groups in total. The molecule has 0 bridgehead atoms.